The Labute approximate surface area is 115 Å². The highest BCUT2D eigenvalue weighted by molar-refractivity contribution is 6.06. The molecule has 0 radical (unpaired) electrons. The fourth-order valence-electron chi connectivity index (χ4n) is 2.07. The molecule has 0 amide bonds. The fraction of sp³-hybridized carbons (Fsp3) is 0.133. The largest absolute Gasteiger partial charge is 0.508 e. The zero-order chi connectivity index (χ0) is 13.9. The number of phenols is 1. The molecule has 3 rings (SSSR count). The third-order valence-electron chi connectivity index (χ3n) is 3.07. The van der Waals surface area contributed by atoms with E-state index in [-0.39, 0.29) is 12.4 Å². The highest BCUT2D eigenvalue weighted by atomic mass is 16.5. The second-order valence-electron chi connectivity index (χ2n) is 4.45. The number of fused-ring (bicyclic) bond motifs is 1. The van der Waals surface area contributed by atoms with Gasteiger partial charge >= 0.3 is 0 Å². The van der Waals surface area contributed by atoms with Crippen LogP contribution in [0.2, 0.25) is 0 Å². The number of hydrogen-bond acceptors (Lipinski definition) is 5. The summed E-state index contributed by atoms with van der Waals surface area (Å²) in [4.78, 5) is 0. The summed E-state index contributed by atoms with van der Waals surface area (Å²) >= 11 is 0. The monoisotopic (exact) mass is 271 g/mol. The van der Waals surface area contributed by atoms with Crippen molar-refractivity contribution in [2.24, 2.45) is 5.16 Å². The van der Waals surface area contributed by atoms with Crippen LogP contribution in [0.15, 0.2) is 47.6 Å². The van der Waals surface area contributed by atoms with Crippen LogP contribution in [0.5, 0.6) is 17.2 Å². The third-order valence-corrected chi connectivity index (χ3v) is 3.07. The number of aromatic hydroxyl groups is 1. The van der Waals surface area contributed by atoms with E-state index < -0.39 is 0 Å². The van der Waals surface area contributed by atoms with Gasteiger partial charge in [0.2, 0.25) is 0 Å². The van der Waals surface area contributed by atoms with Crippen LogP contribution in [0.3, 0.4) is 0 Å². The van der Waals surface area contributed by atoms with Crippen molar-refractivity contribution in [3.05, 3.63) is 53.6 Å². The van der Waals surface area contributed by atoms with Crippen molar-refractivity contribution < 1.29 is 19.8 Å². The predicted molar refractivity (Wildman–Crippen MR) is 72.7 cm³/mol. The lowest BCUT2D eigenvalue weighted by molar-refractivity contribution is 0.302. The van der Waals surface area contributed by atoms with Crippen molar-refractivity contribution in [3.63, 3.8) is 0 Å². The van der Waals surface area contributed by atoms with Crippen LogP contribution in [-0.4, -0.2) is 22.6 Å². The van der Waals surface area contributed by atoms with Gasteiger partial charge in [-0.15, -0.1) is 0 Å². The third kappa shape index (κ3) is 2.38. The fourth-order valence-corrected chi connectivity index (χ4v) is 2.07. The lowest BCUT2D eigenvalue weighted by Gasteiger charge is -2.08. The number of nitrogens with zero attached hydrogens (tertiary/aromatic N) is 1. The molecule has 0 saturated heterocycles. The molecule has 5 nitrogen and oxygen atoms in total. The quantitative estimate of drug-likeness (QED) is 0.664. The minimum absolute atomic E-state index is 0.215. The Kier molecular flexibility index (Phi) is 3.16. The van der Waals surface area contributed by atoms with E-state index in [0.29, 0.717) is 23.8 Å². The van der Waals surface area contributed by atoms with E-state index in [4.69, 9.17) is 14.7 Å². The van der Waals surface area contributed by atoms with Gasteiger partial charge in [-0.05, 0) is 29.8 Å². The molecule has 2 N–H and O–H groups in total. The van der Waals surface area contributed by atoms with E-state index in [1.54, 1.807) is 36.4 Å². The molecule has 0 aromatic heterocycles. The molecule has 0 saturated carbocycles. The summed E-state index contributed by atoms with van der Waals surface area (Å²) in [6.07, 6.45) is 0. The minimum atomic E-state index is 0.215. The van der Waals surface area contributed by atoms with Crippen molar-refractivity contribution >= 4 is 5.71 Å². The summed E-state index contributed by atoms with van der Waals surface area (Å²) in [6, 6.07) is 12.3. The zero-order valence-corrected chi connectivity index (χ0v) is 10.6. The van der Waals surface area contributed by atoms with Crippen molar-refractivity contribution in [2.45, 2.75) is 6.61 Å². The molecule has 2 aromatic rings. The molecule has 1 aliphatic rings. The molecule has 1 aliphatic heterocycles. The lowest BCUT2D eigenvalue weighted by atomic mass is 10.1. The van der Waals surface area contributed by atoms with Crippen molar-refractivity contribution in [1.82, 2.24) is 0 Å². The number of oxime groups is 1. The van der Waals surface area contributed by atoms with Gasteiger partial charge in [-0.1, -0.05) is 17.3 Å². The molecule has 0 bridgehead atoms. The molecule has 1 heterocycles. The second-order valence-corrected chi connectivity index (χ2v) is 4.45. The SMILES string of the molecule is O/N=C1/COc2cc(OCc3cccc(O)c3)ccc21. The van der Waals surface area contributed by atoms with Crippen LogP contribution in [-0.2, 0) is 6.61 Å². The summed E-state index contributed by atoms with van der Waals surface area (Å²) in [5.41, 5.74) is 2.17. The molecular formula is C15H13NO4. The van der Waals surface area contributed by atoms with Crippen molar-refractivity contribution in [2.75, 3.05) is 6.61 Å². The molecule has 0 atom stereocenters. The number of hydrogen-bond donors (Lipinski definition) is 2. The van der Waals surface area contributed by atoms with Gasteiger partial charge in [0.25, 0.3) is 0 Å². The number of ether oxygens (including phenoxy) is 2. The van der Waals surface area contributed by atoms with Gasteiger partial charge in [-0.3, -0.25) is 0 Å². The number of benzene rings is 2. The molecule has 0 aliphatic carbocycles. The van der Waals surface area contributed by atoms with Crippen molar-refractivity contribution in [1.29, 1.82) is 0 Å². The Morgan fingerprint density at radius 2 is 2.10 bits per heavy atom. The summed E-state index contributed by atoms with van der Waals surface area (Å²) in [5.74, 6) is 1.52. The lowest BCUT2D eigenvalue weighted by Crippen LogP contribution is -2.01. The van der Waals surface area contributed by atoms with Gasteiger partial charge in [0.05, 0.1) is 0 Å². The van der Waals surface area contributed by atoms with Crippen LogP contribution in [0, 0.1) is 0 Å². The first kappa shape index (κ1) is 12.3. The first-order valence-electron chi connectivity index (χ1n) is 6.15. The standard InChI is InChI=1S/C15H13NO4/c17-11-3-1-2-10(6-11)8-19-12-4-5-13-14(16-18)9-20-15(13)7-12/h1-7,17-18H,8-9H2/b16-14-. The average Bonchev–Trinajstić information content (AvgIpc) is 2.87. The topological polar surface area (TPSA) is 71.3 Å². The molecular weight excluding hydrogens is 258 g/mol. The number of rotatable bonds is 3. The Morgan fingerprint density at radius 3 is 2.90 bits per heavy atom. The van der Waals surface area contributed by atoms with Crippen LogP contribution in [0.4, 0.5) is 0 Å². The second kappa shape index (κ2) is 5.13. The Morgan fingerprint density at radius 1 is 1.20 bits per heavy atom. The Bertz CT molecular complexity index is 667. The number of phenolic OH excluding ortho intramolecular Hbond substituents is 1. The first-order chi connectivity index (χ1) is 9.76. The first-order valence-corrected chi connectivity index (χ1v) is 6.15. The van der Waals surface area contributed by atoms with E-state index in [0.717, 1.165) is 11.1 Å². The van der Waals surface area contributed by atoms with Crippen LogP contribution in [0.25, 0.3) is 0 Å². The van der Waals surface area contributed by atoms with Crippen LogP contribution in [0.1, 0.15) is 11.1 Å². The highest BCUT2D eigenvalue weighted by Gasteiger charge is 2.20. The summed E-state index contributed by atoms with van der Waals surface area (Å²) in [6.45, 7) is 0.621. The van der Waals surface area contributed by atoms with Crippen LogP contribution < -0.4 is 9.47 Å². The molecule has 102 valence electrons. The summed E-state index contributed by atoms with van der Waals surface area (Å²) < 4.78 is 11.1. The highest BCUT2D eigenvalue weighted by Crippen LogP contribution is 2.30. The van der Waals surface area contributed by atoms with Gasteiger partial charge < -0.3 is 19.8 Å². The molecule has 5 heteroatoms. The van der Waals surface area contributed by atoms with E-state index in [1.807, 2.05) is 6.07 Å². The van der Waals surface area contributed by atoms with Gasteiger partial charge in [0.15, 0.2) is 0 Å². The van der Waals surface area contributed by atoms with E-state index in [9.17, 15) is 5.11 Å². The summed E-state index contributed by atoms with van der Waals surface area (Å²) in [5, 5.41) is 21.4. The van der Waals surface area contributed by atoms with E-state index >= 15 is 0 Å². The van der Waals surface area contributed by atoms with Crippen molar-refractivity contribution in [3.8, 4) is 17.2 Å². The maximum Gasteiger partial charge on any atom is 0.134 e. The Hall–Kier alpha value is -2.69. The Balaban J connectivity index is 1.73. The van der Waals surface area contributed by atoms with Gasteiger partial charge in [0, 0.05) is 11.6 Å². The molecule has 2 aromatic carbocycles. The minimum Gasteiger partial charge on any atom is -0.508 e. The smallest absolute Gasteiger partial charge is 0.134 e. The molecule has 0 unspecified atom stereocenters. The maximum absolute atomic E-state index is 9.38. The molecule has 20 heavy (non-hydrogen) atoms. The van der Waals surface area contributed by atoms with Gasteiger partial charge in [-0.25, -0.2) is 0 Å². The van der Waals surface area contributed by atoms with Gasteiger partial charge in [0.1, 0.15) is 36.2 Å². The van der Waals surface area contributed by atoms with E-state index in [1.165, 1.54) is 0 Å². The summed E-state index contributed by atoms with van der Waals surface area (Å²) in [7, 11) is 0. The zero-order valence-electron chi connectivity index (χ0n) is 10.6. The van der Waals surface area contributed by atoms with E-state index in [2.05, 4.69) is 5.16 Å². The normalized spacial score (nSPS) is 14.9. The average molecular weight is 271 g/mol. The maximum atomic E-state index is 9.38. The van der Waals surface area contributed by atoms with Gasteiger partial charge in [-0.2, -0.15) is 0 Å². The molecule has 0 fully saturated rings. The van der Waals surface area contributed by atoms with Crippen LogP contribution >= 0.6 is 0 Å². The predicted octanol–water partition coefficient (Wildman–Crippen LogP) is 2.54. The molecule has 0 spiro atoms.